The van der Waals surface area contributed by atoms with Crippen molar-refractivity contribution in [1.82, 2.24) is 20.1 Å². The van der Waals surface area contributed by atoms with Crippen LogP contribution in [0.15, 0.2) is 18.2 Å². The number of hydrogen-bond donors (Lipinski definition) is 2. The molecule has 2 fully saturated rings. The van der Waals surface area contributed by atoms with Gasteiger partial charge in [-0.05, 0) is 50.3 Å². The Morgan fingerprint density at radius 2 is 1.94 bits per heavy atom. The fourth-order valence-corrected chi connectivity index (χ4v) is 5.13. The highest BCUT2D eigenvalue weighted by molar-refractivity contribution is 5.99. The number of aryl methyl sites for hydroxylation is 1. The zero-order valence-corrected chi connectivity index (χ0v) is 18.6. The molecule has 1 saturated heterocycles. The Morgan fingerprint density at radius 3 is 2.61 bits per heavy atom. The smallest absolute Gasteiger partial charge is 0.350 e. The van der Waals surface area contributed by atoms with E-state index >= 15 is 0 Å². The number of benzene rings is 1. The van der Waals surface area contributed by atoms with Crippen molar-refractivity contribution in [2.75, 3.05) is 19.6 Å². The zero-order valence-electron chi connectivity index (χ0n) is 18.6. The topological polar surface area (TPSA) is 68.4 Å². The summed E-state index contributed by atoms with van der Waals surface area (Å²) in [6.45, 7) is 3.14. The second-order valence-electron chi connectivity index (χ2n) is 9.09. The summed E-state index contributed by atoms with van der Waals surface area (Å²) in [5.41, 5.74) is 1.66. The third-order valence-electron chi connectivity index (χ3n) is 6.89. The summed E-state index contributed by atoms with van der Waals surface area (Å²) in [5, 5.41) is 3.32. The van der Waals surface area contributed by atoms with Crippen molar-refractivity contribution in [3.05, 3.63) is 35.3 Å². The van der Waals surface area contributed by atoms with Crippen LogP contribution in [0.4, 0.5) is 17.6 Å². The van der Waals surface area contributed by atoms with E-state index in [1.807, 2.05) is 6.92 Å². The van der Waals surface area contributed by atoms with Crippen LogP contribution >= 0.6 is 0 Å². The van der Waals surface area contributed by atoms with E-state index in [2.05, 4.69) is 10.3 Å². The van der Waals surface area contributed by atoms with Crippen LogP contribution in [-0.2, 0) is 4.79 Å². The van der Waals surface area contributed by atoms with Crippen LogP contribution in [0.3, 0.4) is 0 Å². The number of aromatic nitrogens is 1. The molecule has 2 amide bonds. The van der Waals surface area contributed by atoms with E-state index in [-0.39, 0.29) is 36.8 Å². The standard InChI is InChI=1S/C23H28F4N4O2/c1-13-6-7-18(24)17-11-19(29-21(13)17)22(33)28-15-4-3-5-16(10-15)30-8-9-31(14(2)32)20(12-30)23(25,26)27/h6-7,11,15-16,20,29H,3-5,8-10,12H2,1-2H3,(H,28,33)/t15-,16+,20?/m1/s1. The average molecular weight is 468 g/mol. The minimum Gasteiger partial charge on any atom is -0.350 e. The molecule has 0 spiro atoms. The highest BCUT2D eigenvalue weighted by atomic mass is 19.4. The molecule has 3 atom stereocenters. The van der Waals surface area contributed by atoms with Gasteiger partial charge in [0.05, 0.1) is 5.52 Å². The summed E-state index contributed by atoms with van der Waals surface area (Å²) >= 11 is 0. The molecule has 2 aromatic rings. The average Bonchev–Trinajstić information content (AvgIpc) is 3.23. The maximum absolute atomic E-state index is 14.1. The van der Waals surface area contributed by atoms with Crippen LogP contribution in [0.5, 0.6) is 0 Å². The Hall–Kier alpha value is -2.62. The molecule has 1 saturated carbocycles. The van der Waals surface area contributed by atoms with Gasteiger partial charge in [0, 0.05) is 44.0 Å². The largest absolute Gasteiger partial charge is 0.410 e. The summed E-state index contributed by atoms with van der Waals surface area (Å²) in [7, 11) is 0. The van der Waals surface area contributed by atoms with Crippen molar-refractivity contribution in [2.24, 2.45) is 0 Å². The number of hydrogen-bond acceptors (Lipinski definition) is 3. The predicted octanol–water partition coefficient (Wildman–Crippen LogP) is 3.75. The lowest BCUT2D eigenvalue weighted by Crippen LogP contribution is -2.62. The van der Waals surface area contributed by atoms with Crippen molar-refractivity contribution in [3.8, 4) is 0 Å². The lowest BCUT2D eigenvalue weighted by Gasteiger charge is -2.46. The third-order valence-corrected chi connectivity index (χ3v) is 6.89. The molecule has 1 unspecified atom stereocenters. The Morgan fingerprint density at radius 1 is 1.18 bits per heavy atom. The Kier molecular flexibility index (Phi) is 6.39. The number of alkyl halides is 3. The molecule has 1 aliphatic heterocycles. The number of H-pyrrole nitrogens is 1. The first-order valence-corrected chi connectivity index (χ1v) is 11.2. The molecule has 6 nitrogen and oxygen atoms in total. The number of piperazine rings is 1. The molecule has 2 heterocycles. The zero-order chi connectivity index (χ0) is 23.9. The van der Waals surface area contributed by atoms with Gasteiger partial charge in [-0.3, -0.25) is 14.5 Å². The Balaban J connectivity index is 1.42. The van der Waals surface area contributed by atoms with Crippen LogP contribution in [0.25, 0.3) is 10.9 Å². The second-order valence-corrected chi connectivity index (χ2v) is 9.09. The third kappa shape index (κ3) is 4.85. The number of nitrogens with zero attached hydrogens (tertiary/aromatic N) is 2. The number of rotatable bonds is 3. The first-order valence-electron chi connectivity index (χ1n) is 11.2. The van der Waals surface area contributed by atoms with Crippen molar-refractivity contribution in [3.63, 3.8) is 0 Å². The molecule has 33 heavy (non-hydrogen) atoms. The van der Waals surface area contributed by atoms with Crippen molar-refractivity contribution in [2.45, 2.75) is 63.8 Å². The quantitative estimate of drug-likeness (QED) is 0.675. The van der Waals surface area contributed by atoms with E-state index in [9.17, 15) is 27.2 Å². The Labute approximate surface area is 189 Å². The van der Waals surface area contributed by atoms with E-state index in [1.165, 1.54) is 12.1 Å². The van der Waals surface area contributed by atoms with Gasteiger partial charge >= 0.3 is 6.18 Å². The first-order chi connectivity index (χ1) is 15.5. The molecule has 0 bridgehead atoms. The number of nitrogens with one attached hydrogen (secondary N) is 2. The molecule has 180 valence electrons. The van der Waals surface area contributed by atoms with E-state index in [0.717, 1.165) is 36.6 Å². The monoisotopic (exact) mass is 468 g/mol. The molecule has 2 aliphatic rings. The predicted molar refractivity (Wildman–Crippen MR) is 115 cm³/mol. The van der Waals surface area contributed by atoms with Crippen LogP contribution in [-0.4, -0.2) is 70.5 Å². The van der Waals surface area contributed by atoms with Crippen molar-refractivity contribution >= 4 is 22.7 Å². The molecular weight excluding hydrogens is 440 g/mol. The van der Waals surface area contributed by atoms with E-state index in [4.69, 9.17) is 0 Å². The van der Waals surface area contributed by atoms with E-state index in [1.54, 1.807) is 11.0 Å². The maximum Gasteiger partial charge on any atom is 0.410 e. The highest BCUT2D eigenvalue weighted by Gasteiger charge is 2.48. The number of halogens is 4. The van der Waals surface area contributed by atoms with Crippen molar-refractivity contribution in [1.29, 1.82) is 0 Å². The molecule has 10 heteroatoms. The van der Waals surface area contributed by atoms with Gasteiger partial charge in [0.1, 0.15) is 17.6 Å². The van der Waals surface area contributed by atoms with Gasteiger partial charge in [-0.2, -0.15) is 13.2 Å². The lowest BCUT2D eigenvalue weighted by molar-refractivity contribution is -0.202. The van der Waals surface area contributed by atoms with Crippen molar-refractivity contribution < 1.29 is 27.2 Å². The minimum atomic E-state index is -4.49. The number of fused-ring (bicyclic) bond motifs is 1. The maximum atomic E-state index is 14.1. The summed E-state index contributed by atoms with van der Waals surface area (Å²) in [6, 6.07) is 2.38. The molecular formula is C23H28F4N4O2. The Bertz CT molecular complexity index is 1010. The van der Waals surface area contributed by atoms with Gasteiger partial charge in [-0.25, -0.2) is 4.39 Å². The molecule has 1 aromatic carbocycles. The first kappa shape index (κ1) is 23.5. The van der Waals surface area contributed by atoms with Gasteiger partial charge in [0.15, 0.2) is 0 Å². The molecule has 0 radical (unpaired) electrons. The number of amides is 2. The minimum absolute atomic E-state index is 0.0347. The summed E-state index contributed by atoms with van der Waals surface area (Å²) in [6.07, 6.45) is -1.71. The summed E-state index contributed by atoms with van der Waals surface area (Å²) < 4.78 is 54.8. The SMILES string of the molecule is CC(=O)N1CCN([C@H]2CCC[C@@H](NC(=O)c3cc4c(F)ccc(C)c4[nH]3)C2)CC1C(F)(F)F. The lowest BCUT2D eigenvalue weighted by atomic mass is 9.89. The molecule has 4 rings (SSSR count). The number of carbonyl (C=O) groups excluding carboxylic acids is 2. The van der Waals surface area contributed by atoms with Gasteiger partial charge in [0.2, 0.25) is 5.91 Å². The fourth-order valence-electron chi connectivity index (χ4n) is 5.13. The van der Waals surface area contributed by atoms with E-state index < -0.39 is 23.9 Å². The van der Waals surface area contributed by atoms with Gasteiger partial charge < -0.3 is 15.2 Å². The molecule has 1 aliphatic carbocycles. The number of aromatic amines is 1. The summed E-state index contributed by atoms with van der Waals surface area (Å²) in [4.78, 5) is 30.2. The van der Waals surface area contributed by atoms with Gasteiger partial charge in [0.25, 0.3) is 5.91 Å². The highest BCUT2D eigenvalue weighted by Crippen LogP contribution is 2.32. The van der Waals surface area contributed by atoms with Crippen LogP contribution in [0, 0.1) is 12.7 Å². The fraction of sp³-hybridized carbons (Fsp3) is 0.565. The molecule has 2 N–H and O–H groups in total. The molecule has 1 aromatic heterocycles. The van der Waals surface area contributed by atoms with Crippen LogP contribution < -0.4 is 5.32 Å². The van der Waals surface area contributed by atoms with Gasteiger partial charge in [-0.15, -0.1) is 0 Å². The van der Waals surface area contributed by atoms with E-state index in [0.29, 0.717) is 23.9 Å². The second kappa shape index (κ2) is 8.96. The van der Waals surface area contributed by atoms with Gasteiger partial charge in [-0.1, -0.05) is 6.07 Å². The van der Waals surface area contributed by atoms with Crippen LogP contribution in [0.1, 0.15) is 48.7 Å². The number of carbonyl (C=O) groups is 2. The normalized spacial score (nSPS) is 24.8. The summed E-state index contributed by atoms with van der Waals surface area (Å²) in [5.74, 6) is -1.34. The van der Waals surface area contributed by atoms with Crippen LogP contribution in [0.2, 0.25) is 0 Å².